The van der Waals surface area contributed by atoms with Crippen LogP contribution in [0.2, 0.25) is 0 Å². The molecule has 8 nitrogen and oxygen atoms in total. The Balaban J connectivity index is 1.51. The first-order chi connectivity index (χ1) is 20.0. The molecule has 1 heterocycles. The van der Waals surface area contributed by atoms with Gasteiger partial charge in [-0.3, -0.25) is 5.43 Å². The molecule has 0 spiro atoms. The molecule has 2 aromatic carbocycles. The molecule has 0 aliphatic heterocycles. The SMILES string of the molecule is C=CC(=O)OCC(COc1ccc(C2CCC(CCC)CC2)cc1C=NNc1nc2ccccc2s1)OC(=O)C=C. The zero-order chi connectivity index (χ0) is 29.0. The molecule has 0 radical (unpaired) electrons. The van der Waals surface area contributed by atoms with Gasteiger partial charge in [-0.2, -0.15) is 5.10 Å². The zero-order valence-corrected chi connectivity index (χ0v) is 24.2. The van der Waals surface area contributed by atoms with Crippen molar-refractivity contribution in [2.75, 3.05) is 18.6 Å². The van der Waals surface area contributed by atoms with Gasteiger partial charge in [-0.1, -0.05) is 62.5 Å². The maximum Gasteiger partial charge on any atom is 0.330 e. The Morgan fingerprint density at radius 1 is 1.10 bits per heavy atom. The number of nitrogens with one attached hydrogen (secondary N) is 1. The number of hydrazone groups is 1. The fourth-order valence-corrected chi connectivity index (χ4v) is 5.88. The molecule has 1 N–H and O–H groups in total. The third-order valence-electron chi connectivity index (χ3n) is 7.16. The summed E-state index contributed by atoms with van der Waals surface area (Å²) in [6.07, 6.45) is 10.4. The van der Waals surface area contributed by atoms with Crippen molar-refractivity contribution in [1.82, 2.24) is 4.98 Å². The van der Waals surface area contributed by atoms with Gasteiger partial charge in [-0.05, 0) is 67.3 Å². The number of hydrogen-bond donors (Lipinski definition) is 1. The Hall–Kier alpha value is -3.98. The van der Waals surface area contributed by atoms with Gasteiger partial charge in [0.1, 0.15) is 19.0 Å². The van der Waals surface area contributed by atoms with E-state index in [1.165, 1.54) is 55.4 Å². The van der Waals surface area contributed by atoms with Crippen LogP contribution >= 0.6 is 11.3 Å². The topological polar surface area (TPSA) is 99.1 Å². The van der Waals surface area contributed by atoms with Crippen LogP contribution in [0.1, 0.15) is 62.5 Å². The van der Waals surface area contributed by atoms with Crippen LogP contribution < -0.4 is 10.2 Å². The Labute approximate surface area is 245 Å². The summed E-state index contributed by atoms with van der Waals surface area (Å²) in [7, 11) is 0. The molecule has 1 atom stereocenters. The molecule has 41 heavy (non-hydrogen) atoms. The van der Waals surface area contributed by atoms with E-state index in [0.29, 0.717) is 16.8 Å². The van der Waals surface area contributed by atoms with E-state index in [9.17, 15) is 9.59 Å². The van der Waals surface area contributed by atoms with Crippen molar-refractivity contribution in [3.05, 3.63) is 78.9 Å². The summed E-state index contributed by atoms with van der Waals surface area (Å²) in [5.41, 5.74) is 5.99. The van der Waals surface area contributed by atoms with Gasteiger partial charge in [-0.15, -0.1) is 0 Å². The lowest BCUT2D eigenvalue weighted by Crippen LogP contribution is -2.30. The van der Waals surface area contributed by atoms with Gasteiger partial charge in [0, 0.05) is 17.7 Å². The quantitative estimate of drug-likeness (QED) is 0.0954. The molecular weight excluding hydrogens is 538 g/mol. The number of hydrogen-bond acceptors (Lipinski definition) is 9. The highest BCUT2D eigenvalue weighted by atomic mass is 32.1. The van der Waals surface area contributed by atoms with Crippen LogP contribution in [0.4, 0.5) is 5.13 Å². The van der Waals surface area contributed by atoms with E-state index in [2.05, 4.69) is 47.7 Å². The van der Waals surface area contributed by atoms with Crippen molar-refractivity contribution in [2.24, 2.45) is 11.0 Å². The van der Waals surface area contributed by atoms with Crippen molar-refractivity contribution in [2.45, 2.75) is 57.5 Å². The lowest BCUT2D eigenvalue weighted by atomic mass is 9.77. The number of esters is 2. The summed E-state index contributed by atoms with van der Waals surface area (Å²) in [4.78, 5) is 28.0. The lowest BCUT2D eigenvalue weighted by molar-refractivity contribution is -0.154. The molecule has 0 amide bonds. The average molecular weight is 576 g/mol. The fourth-order valence-electron chi connectivity index (χ4n) is 5.07. The van der Waals surface area contributed by atoms with Gasteiger partial charge in [0.05, 0.1) is 16.4 Å². The van der Waals surface area contributed by atoms with E-state index in [1.54, 1.807) is 6.21 Å². The second-order valence-electron chi connectivity index (χ2n) is 10.1. The molecule has 3 aromatic rings. The summed E-state index contributed by atoms with van der Waals surface area (Å²) in [6.45, 7) is 8.87. The molecule has 0 saturated heterocycles. The number of carbonyl (C=O) groups is 2. The summed E-state index contributed by atoms with van der Waals surface area (Å²) < 4.78 is 17.6. The fraction of sp³-hybridized carbons (Fsp3) is 0.375. The van der Waals surface area contributed by atoms with Crippen LogP contribution in [-0.4, -0.2) is 42.5 Å². The minimum Gasteiger partial charge on any atom is -0.489 e. The first kappa shape index (κ1) is 30.0. The van der Waals surface area contributed by atoms with Crippen molar-refractivity contribution in [3.63, 3.8) is 0 Å². The highest BCUT2D eigenvalue weighted by Crippen LogP contribution is 2.38. The number of carbonyl (C=O) groups excluding carboxylic acids is 2. The normalized spacial score (nSPS) is 17.6. The van der Waals surface area contributed by atoms with Crippen LogP contribution in [0.5, 0.6) is 5.75 Å². The molecular formula is C32H37N3O5S. The summed E-state index contributed by atoms with van der Waals surface area (Å²) in [6, 6.07) is 14.1. The van der Waals surface area contributed by atoms with E-state index in [1.807, 2.05) is 30.3 Å². The van der Waals surface area contributed by atoms with Crippen LogP contribution in [0.25, 0.3) is 10.2 Å². The van der Waals surface area contributed by atoms with Gasteiger partial charge in [0.25, 0.3) is 0 Å². The second kappa shape index (κ2) is 15.1. The number of anilines is 1. The monoisotopic (exact) mass is 575 g/mol. The molecule has 9 heteroatoms. The number of thiazole rings is 1. The average Bonchev–Trinajstić information content (AvgIpc) is 3.42. The second-order valence-corrected chi connectivity index (χ2v) is 11.1. The molecule has 1 fully saturated rings. The molecule has 216 valence electrons. The Kier molecular flexibility index (Phi) is 11.1. The van der Waals surface area contributed by atoms with Crippen LogP contribution in [0, 0.1) is 5.92 Å². The largest absolute Gasteiger partial charge is 0.489 e. The number of benzene rings is 2. The molecule has 4 rings (SSSR count). The number of ether oxygens (including phenoxy) is 3. The van der Waals surface area contributed by atoms with Crippen LogP contribution in [-0.2, 0) is 19.1 Å². The minimum atomic E-state index is -0.830. The van der Waals surface area contributed by atoms with E-state index in [-0.39, 0.29) is 13.2 Å². The number of para-hydroxylation sites is 1. The number of nitrogens with zero attached hydrogens (tertiary/aromatic N) is 2. The Morgan fingerprint density at radius 3 is 2.61 bits per heavy atom. The third kappa shape index (κ3) is 8.75. The Bertz CT molecular complexity index is 1340. The zero-order valence-electron chi connectivity index (χ0n) is 23.4. The van der Waals surface area contributed by atoms with E-state index >= 15 is 0 Å². The first-order valence-electron chi connectivity index (χ1n) is 14.0. The minimum absolute atomic E-state index is 0.0301. The van der Waals surface area contributed by atoms with Crippen molar-refractivity contribution in [1.29, 1.82) is 0 Å². The predicted octanol–water partition coefficient (Wildman–Crippen LogP) is 7.02. The predicted molar refractivity (Wildman–Crippen MR) is 164 cm³/mol. The van der Waals surface area contributed by atoms with E-state index in [0.717, 1.165) is 33.9 Å². The summed E-state index contributed by atoms with van der Waals surface area (Å²) in [5.74, 6) is 0.628. The third-order valence-corrected chi connectivity index (χ3v) is 8.10. The molecule has 1 aromatic heterocycles. The molecule has 1 aliphatic rings. The smallest absolute Gasteiger partial charge is 0.330 e. The van der Waals surface area contributed by atoms with Gasteiger partial charge < -0.3 is 14.2 Å². The summed E-state index contributed by atoms with van der Waals surface area (Å²) in [5, 5.41) is 5.15. The Morgan fingerprint density at radius 2 is 1.88 bits per heavy atom. The highest BCUT2D eigenvalue weighted by Gasteiger charge is 2.23. The van der Waals surface area contributed by atoms with Gasteiger partial charge >= 0.3 is 11.9 Å². The van der Waals surface area contributed by atoms with Gasteiger partial charge in [0.15, 0.2) is 6.10 Å². The standard InChI is InChI=1S/C32H37N3O5S/c1-4-9-22-12-14-23(15-13-22)24-16-17-28(38-20-26(40-31(37)6-3)21-39-30(36)5-2)25(18-24)19-33-35-32-34-27-10-7-8-11-29(27)41-32/h5-8,10-11,16-19,22-23,26H,2-4,9,12-15,20-21H2,1H3,(H,34,35). The summed E-state index contributed by atoms with van der Waals surface area (Å²) >= 11 is 1.53. The maximum atomic E-state index is 11.8. The van der Waals surface area contributed by atoms with Gasteiger partial charge in [0.2, 0.25) is 5.13 Å². The van der Waals surface area contributed by atoms with E-state index < -0.39 is 18.0 Å². The highest BCUT2D eigenvalue weighted by molar-refractivity contribution is 7.22. The van der Waals surface area contributed by atoms with E-state index in [4.69, 9.17) is 14.2 Å². The molecule has 1 aliphatic carbocycles. The lowest BCUT2D eigenvalue weighted by Gasteiger charge is -2.29. The molecule has 1 unspecified atom stereocenters. The van der Waals surface area contributed by atoms with Crippen molar-refractivity contribution in [3.8, 4) is 5.75 Å². The maximum absolute atomic E-state index is 11.8. The number of fused-ring (bicyclic) bond motifs is 1. The van der Waals surface area contributed by atoms with Crippen LogP contribution in [0.3, 0.4) is 0 Å². The molecule has 0 bridgehead atoms. The van der Waals surface area contributed by atoms with Crippen molar-refractivity contribution >= 4 is 44.8 Å². The van der Waals surface area contributed by atoms with Crippen LogP contribution in [0.15, 0.2) is 72.9 Å². The van der Waals surface area contributed by atoms with Crippen molar-refractivity contribution < 1.29 is 23.8 Å². The number of rotatable bonds is 14. The molecule has 1 saturated carbocycles. The number of aromatic nitrogens is 1. The first-order valence-corrected chi connectivity index (χ1v) is 14.8. The van der Waals surface area contributed by atoms with Gasteiger partial charge in [-0.25, -0.2) is 14.6 Å².